The van der Waals surface area contributed by atoms with Gasteiger partial charge in [0, 0.05) is 43.5 Å². The van der Waals surface area contributed by atoms with Crippen molar-refractivity contribution in [2.45, 2.75) is 38.4 Å². The third-order valence-electron chi connectivity index (χ3n) is 6.08. The SMILES string of the molecule is CC(C)(C)OC(=O)N1CCOC(COc2nc(-c3ccc(C4CNC4)cc3)cc3nccnc23)C1. The van der Waals surface area contributed by atoms with E-state index in [-0.39, 0.29) is 18.8 Å². The molecule has 2 aliphatic heterocycles. The Morgan fingerprint density at radius 3 is 2.66 bits per heavy atom. The minimum atomic E-state index is -0.545. The molecule has 1 aromatic carbocycles. The summed E-state index contributed by atoms with van der Waals surface area (Å²) in [6.07, 6.45) is 2.64. The van der Waals surface area contributed by atoms with Gasteiger partial charge in [-0.05, 0) is 32.4 Å². The van der Waals surface area contributed by atoms with Crippen LogP contribution in [-0.4, -0.2) is 77.0 Å². The zero-order valence-corrected chi connectivity index (χ0v) is 20.4. The number of ether oxygens (including phenoxy) is 3. The number of hydrogen-bond donors (Lipinski definition) is 1. The maximum atomic E-state index is 12.5. The number of carbonyl (C=O) groups excluding carboxylic acids is 1. The highest BCUT2D eigenvalue weighted by atomic mass is 16.6. The molecule has 5 rings (SSSR count). The second-order valence-electron chi connectivity index (χ2n) is 9.94. The zero-order valence-electron chi connectivity index (χ0n) is 20.4. The Labute approximate surface area is 204 Å². The Balaban J connectivity index is 1.32. The molecule has 0 aliphatic carbocycles. The van der Waals surface area contributed by atoms with Gasteiger partial charge in [-0.25, -0.2) is 14.8 Å². The second kappa shape index (κ2) is 9.75. The molecule has 3 aromatic rings. The summed E-state index contributed by atoms with van der Waals surface area (Å²) >= 11 is 0. The maximum absolute atomic E-state index is 12.5. The van der Waals surface area contributed by atoms with Crippen LogP contribution < -0.4 is 10.1 Å². The number of nitrogens with one attached hydrogen (secondary N) is 1. The van der Waals surface area contributed by atoms with E-state index in [0.717, 1.165) is 24.3 Å². The van der Waals surface area contributed by atoms with Crippen LogP contribution in [0, 0.1) is 0 Å². The standard InChI is InChI=1S/C26H31N5O4/c1-26(2,3)35-25(32)31-10-11-33-20(15-31)16-34-24-23-22(28-8-9-29-23)12-21(30-24)18-6-4-17(5-7-18)19-13-27-14-19/h4-9,12,19-20,27H,10-11,13-16H2,1-3H3. The molecule has 2 fully saturated rings. The molecule has 1 amide bonds. The van der Waals surface area contributed by atoms with E-state index >= 15 is 0 Å². The number of morpholine rings is 1. The van der Waals surface area contributed by atoms with Gasteiger partial charge in [-0.3, -0.25) is 4.98 Å². The van der Waals surface area contributed by atoms with Gasteiger partial charge in [0.2, 0.25) is 5.88 Å². The van der Waals surface area contributed by atoms with Crippen LogP contribution in [0.3, 0.4) is 0 Å². The molecule has 1 atom stereocenters. The smallest absolute Gasteiger partial charge is 0.410 e. The molecule has 4 heterocycles. The second-order valence-corrected chi connectivity index (χ2v) is 9.94. The van der Waals surface area contributed by atoms with Gasteiger partial charge in [0.05, 0.1) is 24.4 Å². The van der Waals surface area contributed by atoms with Crippen LogP contribution in [-0.2, 0) is 9.47 Å². The van der Waals surface area contributed by atoms with Crippen molar-refractivity contribution in [3.63, 3.8) is 0 Å². The predicted molar refractivity (Wildman–Crippen MR) is 131 cm³/mol. The fourth-order valence-electron chi connectivity index (χ4n) is 4.13. The molecular weight excluding hydrogens is 446 g/mol. The van der Waals surface area contributed by atoms with Crippen molar-refractivity contribution in [2.75, 3.05) is 39.4 Å². The number of nitrogens with zero attached hydrogens (tertiary/aromatic N) is 4. The van der Waals surface area contributed by atoms with E-state index in [1.807, 2.05) is 26.8 Å². The first kappa shape index (κ1) is 23.4. The van der Waals surface area contributed by atoms with E-state index in [4.69, 9.17) is 19.2 Å². The van der Waals surface area contributed by atoms with Crippen LogP contribution in [0.15, 0.2) is 42.7 Å². The average Bonchev–Trinajstić information content (AvgIpc) is 2.81. The average molecular weight is 478 g/mol. The van der Waals surface area contributed by atoms with Crippen LogP contribution in [0.4, 0.5) is 4.79 Å². The Morgan fingerprint density at radius 1 is 1.17 bits per heavy atom. The molecule has 1 unspecified atom stereocenters. The number of aromatic nitrogens is 3. The van der Waals surface area contributed by atoms with Crippen LogP contribution >= 0.6 is 0 Å². The summed E-state index contributed by atoms with van der Waals surface area (Å²) in [4.78, 5) is 27.8. The fourth-order valence-corrected chi connectivity index (χ4v) is 4.13. The van der Waals surface area contributed by atoms with Crippen molar-refractivity contribution in [3.05, 3.63) is 48.3 Å². The number of carbonyl (C=O) groups is 1. The van der Waals surface area contributed by atoms with Crippen molar-refractivity contribution in [1.82, 2.24) is 25.2 Å². The fraction of sp³-hybridized carbons (Fsp3) is 0.462. The summed E-state index contributed by atoms with van der Waals surface area (Å²) in [6, 6.07) is 10.4. The molecule has 2 aliphatic rings. The molecule has 184 valence electrons. The van der Waals surface area contributed by atoms with Crippen LogP contribution in [0.1, 0.15) is 32.3 Å². The topological polar surface area (TPSA) is 98.7 Å². The third-order valence-corrected chi connectivity index (χ3v) is 6.08. The minimum absolute atomic E-state index is 0.231. The van der Waals surface area contributed by atoms with E-state index in [1.54, 1.807) is 17.3 Å². The number of benzene rings is 1. The Morgan fingerprint density at radius 2 is 1.94 bits per heavy atom. The largest absolute Gasteiger partial charge is 0.473 e. The third kappa shape index (κ3) is 5.52. The molecule has 0 radical (unpaired) electrons. The van der Waals surface area contributed by atoms with Gasteiger partial charge in [0.15, 0.2) is 5.52 Å². The summed E-state index contributed by atoms with van der Waals surface area (Å²) in [5, 5.41) is 3.31. The monoisotopic (exact) mass is 477 g/mol. The van der Waals surface area contributed by atoms with E-state index in [1.165, 1.54) is 5.56 Å². The summed E-state index contributed by atoms with van der Waals surface area (Å²) < 4.78 is 17.5. The Bertz CT molecular complexity index is 1190. The molecule has 9 heteroatoms. The lowest BCUT2D eigenvalue weighted by atomic mass is 9.93. The quantitative estimate of drug-likeness (QED) is 0.597. The van der Waals surface area contributed by atoms with E-state index in [2.05, 4.69) is 39.6 Å². The molecule has 0 saturated carbocycles. The van der Waals surface area contributed by atoms with Gasteiger partial charge in [-0.2, -0.15) is 0 Å². The molecular formula is C26H31N5O4. The first-order valence-corrected chi connectivity index (χ1v) is 12.0. The number of amides is 1. The lowest BCUT2D eigenvalue weighted by Gasteiger charge is -2.34. The first-order valence-electron chi connectivity index (χ1n) is 12.0. The van der Waals surface area contributed by atoms with Gasteiger partial charge in [0.1, 0.15) is 18.3 Å². The number of fused-ring (bicyclic) bond motifs is 1. The highest BCUT2D eigenvalue weighted by molar-refractivity contribution is 5.83. The van der Waals surface area contributed by atoms with Gasteiger partial charge < -0.3 is 24.4 Å². The summed E-state index contributed by atoms with van der Waals surface area (Å²) in [5.74, 6) is 0.977. The Hall–Kier alpha value is -3.30. The van der Waals surface area contributed by atoms with Crippen molar-refractivity contribution in [3.8, 4) is 17.1 Å². The summed E-state index contributed by atoms with van der Waals surface area (Å²) in [7, 11) is 0. The highest BCUT2D eigenvalue weighted by Gasteiger charge is 2.29. The summed E-state index contributed by atoms with van der Waals surface area (Å²) in [5.41, 5.74) is 3.84. The predicted octanol–water partition coefficient (Wildman–Crippen LogP) is 3.39. The van der Waals surface area contributed by atoms with Crippen molar-refractivity contribution in [1.29, 1.82) is 0 Å². The zero-order chi connectivity index (χ0) is 24.4. The molecule has 9 nitrogen and oxygen atoms in total. The van der Waals surface area contributed by atoms with E-state index < -0.39 is 5.60 Å². The molecule has 2 aromatic heterocycles. The van der Waals surface area contributed by atoms with Crippen LogP contribution in [0.5, 0.6) is 5.88 Å². The first-order chi connectivity index (χ1) is 16.9. The van der Waals surface area contributed by atoms with Gasteiger partial charge in [0.25, 0.3) is 0 Å². The lowest BCUT2D eigenvalue weighted by Crippen LogP contribution is -2.49. The van der Waals surface area contributed by atoms with Gasteiger partial charge in [-0.1, -0.05) is 24.3 Å². The van der Waals surface area contributed by atoms with Crippen molar-refractivity contribution < 1.29 is 19.0 Å². The number of hydrogen-bond acceptors (Lipinski definition) is 8. The normalized spacial score (nSPS) is 18.8. The van der Waals surface area contributed by atoms with Gasteiger partial charge in [-0.15, -0.1) is 0 Å². The maximum Gasteiger partial charge on any atom is 0.410 e. The van der Waals surface area contributed by atoms with Gasteiger partial charge >= 0.3 is 6.09 Å². The van der Waals surface area contributed by atoms with Crippen molar-refractivity contribution >= 4 is 17.1 Å². The molecule has 0 spiro atoms. The number of pyridine rings is 1. The summed E-state index contributed by atoms with van der Waals surface area (Å²) in [6.45, 7) is 9.14. The van der Waals surface area contributed by atoms with E-state index in [9.17, 15) is 4.79 Å². The molecule has 2 saturated heterocycles. The number of rotatable bonds is 5. The molecule has 1 N–H and O–H groups in total. The van der Waals surface area contributed by atoms with E-state index in [0.29, 0.717) is 42.5 Å². The van der Waals surface area contributed by atoms with Crippen LogP contribution in [0.25, 0.3) is 22.3 Å². The molecule has 35 heavy (non-hydrogen) atoms. The van der Waals surface area contributed by atoms with Crippen molar-refractivity contribution in [2.24, 2.45) is 0 Å². The molecule has 0 bridgehead atoms. The highest BCUT2D eigenvalue weighted by Crippen LogP contribution is 2.29. The lowest BCUT2D eigenvalue weighted by molar-refractivity contribution is -0.0559. The Kier molecular flexibility index (Phi) is 6.53. The van der Waals surface area contributed by atoms with Crippen LogP contribution in [0.2, 0.25) is 0 Å². The minimum Gasteiger partial charge on any atom is -0.473 e.